The molecular weight excluding hydrogens is 869 g/mol. The Hall–Kier alpha value is -7.08. The van der Waals surface area contributed by atoms with E-state index in [4.69, 9.17) is 28.7 Å². The molecule has 0 radical (unpaired) electrons. The number of rotatable bonds is 14. The van der Waals surface area contributed by atoms with Crippen LogP contribution in [-0.2, 0) is 39.8 Å². The van der Waals surface area contributed by atoms with Crippen LogP contribution in [-0.4, -0.2) is 119 Å². The molecule has 3 aliphatic heterocycles. The standard InChI is InChI=1S/C51H56N8O9.2H2/c1-4-20-58(47(60)44(56-49(62)64-2)34-8-6-5-7-9-34)30-43-52-28-41(54-43)39-17-16-37-25-36(14-15-38(37)26-39)32-10-12-33(13-11-32)40-29-53-46(55-40)42-27-51(67-23-24-68-51)31-59(42)48(61)45(57-50(63)65-3)35-18-21-66-22-19-35;;/h5-17,25-26,28-29,35,42,44-45H,4,18-24,27,30-31H2,1-3H3,(H,52,54)(H,53,55)(H,56,62)(H,57,63);2*1H/t42-,44+,45-;;/m0../s1. The van der Waals surface area contributed by atoms with Crippen molar-refractivity contribution in [3.63, 3.8) is 0 Å². The van der Waals surface area contributed by atoms with Crippen molar-refractivity contribution in [1.82, 2.24) is 40.4 Å². The fraction of sp³-hybridized carbons (Fsp3) is 0.373. The van der Waals surface area contributed by atoms with Crippen molar-refractivity contribution in [3.8, 4) is 33.6 Å². The zero-order valence-electron chi connectivity index (χ0n) is 38.4. The van der Waals surface area contributed by atoms with E-state index < -0.39 is 36.1 Å². The number of likely N-dealkylation sites (tertiary alicyclic amines) is 1. The first-order valence-electron chi connectivity index (χ1n) is 23.1. The molecule has 0 unspecified atom stereocenters. The van der Waals surface area contributed by atoms with Crippen LogP contribution in [0.1, 0.15) is 64.8 Å². The van der Waals surface area contributed by atoms with Crippen LogP contribution in [0, 0.1) is 5.92 Å². The molecule has 1 spiro atoms. The van der Waals surface area contributed by atoms with Crippen molar-refractivity contribution in [2.45, 2.75) is 63.1 Å². The molecule has 9 rings (SSSR count). The van der Waals surface area contributed by atoms with Gasteiger partial charge in [0, 0.05) is 34.6 Å². The Bertz CT molecular complexity index is 2740. The van der Waals surface area contributed by atoms with Crippen molar-refractivity contribution in [2.75, 3.05) is 53.7 Å². The molecule has 4 aromatic carbocycles. The normalized spacial score (nSPS) is 17.8. The molecule has 68 heavy (non-hydrogen) atoms. The highest BCUT2D eigenvalue weighted by Crippen LogP contribution is 2.43. The van der Waals surface area contributed by atoms with Crippen LogP contribution in [0.5, 0.6) is 0 Å². The second kappa shape index (κ2) is 20.4. The Balaban J connectivity index is 0.00000361. The van der Waals surface area contributed by atoms with E-state index in [2.05, 4.69) is 74.1 Å². The number of amides is 4. The Morgan fingerprint density at radius 1 is 0.794 bits per heavy atom. The number of H-pyrrole nitrogens is 2. The van der Waals surface area contributed by atoms with Crippen LogP contribution in [0.25, 0.3) is 44.4 Å². The summed E-state index contributed by atoms with van der Waals surface area (Å²) in [4.78, 5) is 72.8. The van der Waals surface area contributed by atoms with Gasteiger partial charge in [0.15, 0.2) is 5.79 Å². The van der Waals surface area contributed by atoms with Crippen molar-refractivity contribution < 1.29 is 45.7 Å². The van der Waals surface area contributed by atoms with E-state index in [-0.39, 0.29) is 33.7 Å². The van der Waals surface area contributed by atoms with Crippen LogP contribution < -0.4 is 10.6 Å². The number of carbonyl (C=O) groups excluding carboxylic acids is 4. The predicted octanol–water partition coefficient (Wildman–Crippen LogP) is 7.78. The quantitative estimate of drug-likeness (QED) is 0.0831. The van der Waals surface area contributed by atoms with E-state index in [1.165, 1.54) is 14.2 Å². The SMILES string of the molecule is CCCN(Cc1ncc(-c2ccc3cc(-c4ccc(-c5cnc([C@@H]6CC7(CN6C(=O)[C@@H](NC(=O)OC)C6CCOCC6)OCCO7)[nH]5)cc4)ccc3c2)[nH]1)C(=O)[C@H](NC(=O)OC)c1ccccc1.[HH].[HH]. The number of hydrogen-bond donors (Lipinski definition) is 4. The smallest absolute Gasteiger partial charge is 0.407 e. The maximum absolute atomic E-state index is 14.4. The number of benzene rings is 4. The van der Waals surface area contributed by atoms with Crippen molar-refractivity contribution in [1.29, 1.82) is 0 Å². The minimum atomic E-state index is -0.953. The molecule has 17 nitrogen and oxygen atoms in total. The number of aromatic amines is 2. The summed E-state index contributed by atoms with van der Waals surface area (Å²) in [6.45, 7) is 4.80. The first-order chi connectivity index (χ1) is 33.1. The van der Waals surface area contributed by atoms with Gasteiger partial charge in [0.1, 0.15) is 23.7 Å². The summed E-state index contributed by atoms with van der Waals surface area (Å²) in [7, 11) is 2.56. The van der Waals surface area contributed by atoms with E-state index >= 15 is 0 Å². The lowest BCUT2D eigenvalue weighted by Crippen LogP contribution is -2.54. The third-order valence-electron chi connectivity index (χ3n) is 13.0. The highest BCUT2D eigenvalue weighted by atomic mass is 16.7. The molecule has 4 amide bonds. The lowest BCUT2D eigenvalue weighted by Gasteiger charge is -2.34. The Labute approximate surface area is 396 Å². The second-order valence-electron chi connectivity index (χ2n) is 17.4. The molecule has 0 bridgehead atoms. The number of alkyl carbamates (subject to hydrolysis) is 2. The van der Waals surface area contributed by atoms with Gasteiger partial charge in [-0.1, -0.05) is 85.8 Å². The molecule has 3 fully saturated rings. The zero-order chi connectivity index (χ0) is 47.2. The van der Waals surface area contributed by atoms with Gasteiger partial charge in [0.2, 0.25) is 11.8 Å². The van der Waals surface area contributed by atoms with Gasteiger partial charge < -0.3 is 54.1 Å². The third-order valence-corrected chi connectivity index (χ3v) is 13.0. The molecular formula is C51H60N8O9. The third kappa shape index (κ3) is 9.95. The predicted molar refractivity (Wildman–Crippen MR) is 256 cm³/mol. The maximum atomic E-state index is 14.4. The first kappa shape index (κ1) is 46.0. The molecule has 4 N–H and O–H groups in total. The molecule has 0 saturated carbocycles. The Morgan fingerprint density at radius 2 is 1.43 bits per heavy atom. The van der Waals surface area contributed by atoms with Gasteiger partial charge in [-0.05, 0) is 70.3 Å². The van der Waals surface area contributed by atoms with Crippen molar-refractivity contribution >= 4 is 34.8 Å². The van der Waals surface area contributed by atoms with Crippen LogP contribution in [0.3, 0.4) is 0 Å². The van der Waals surface area contributed by atoms with E-state index in [9.17, 15) is 19.2 Å². The fourth-order valence-electron chi connectivity index (χ4n) is 9.50. The van der Waals surface area contributed by atoms with Crippen LogP contribution in [0.15, 0.2) is 103 Å². The summed E-state index contributed by atoms with van der Waals surface area (Å²) in [6.07, 6.45) is 4.58. The topological polar surface area (TPSA) is 202 Å². The maximum Gasteiger partial charge on any atom is 0.407 e. The fourth-order valence-corrected chi connectivity index (χ4v) is 9.50. The average Bonchev–Trinajstić information content (AvgIpc) is 4.23. The molecule has 358 valence electrons. The van der Waals surface area contributed by atoms with E-state index in [1.54, 1.807) is 34.3 Å². The summed E-state index contributed by atoms with van der Waals surface area (Å²) < 4.78 is 27.5. The van der Waals surface area contributed by atoms with E-state index in [1.807, 2.05) is 37.3 Å². The number of fused-ring (bicyclic) bond motifs is 1. The zero-order valence-corrected chi connectivity index (χ0v) is 38.4. The lowest BCUT2D eigenvalue weighted by atomic mass is 9.90. The number of imidazole rings is 2. The van der Waals surface area contributed by atoms with Gasteiger partial charge in [-0.25, -0.2) is 19.6 Å². The second-order valence-corrected chi connectivity index (χ2v) is 17.4. The summed E-state index contributed by atoms with van der Waals surface area (Å²) in [6, 6.07) is 27.8. The molecule has 2 aromatic heterocycles. The number of nitrogens with zero attached hydrogens (tertiary/aromatic N) is 4. The van der Waals surface area contributed by atoms with E-state index in [0.717, 1.165) is 50.8 Å². The van der Waals surface area contributed by atoms with Gasteiger partial charge in [-0.15, -0.1) is 0 Å². The summed E-state index contributed by atoms with van der Waals surface area (Å²) >= 11 is 0. The van der Waals surface area contributed by atoms with Crippen molar-refractivity contribution in [2.24, 2.45) is 5.92 Å². The average molecular weight is 929 g/mol. The van der Waals surface area contributed by atoms with Crippen LogP contribution in [0.4, 0.5) is 9.59 Å². The van der Waals surface area contributed by atoms with Crippen LogP contribution in [0.2, 0.25) is 0 Å². The highest BCUT2D eigenvalue weighted by Gasteiger charge is 2.53. The number of nitrogens with one attached hydrogen (secondary N) is 4. The summed E-state index contributed by atoms with van der Waals surface area (Å²) in [5.74, 6) is -0.340. The monoisotopic (exact) mass is 928 g/mol. The molecule has 6 aromatic rings. The number of carbonyl (C=O) groups is 4. The lowest BCUT2D eigenvalue weighted by molar-refractivity contribution is -0.154. The van der Waals surface area contributed by atoms with Gasteiger partial charge in [0.05, 0.1) is 70.3 Å². The largest absolute Gasteiger partial charge is 0.453 e. The number of hydrogen-bond acceptors (Lipinski definition) is 11. The van der Waals surface area contributed by atoms with Gasteiger partial charge in [-0.3, -0.25) is 9.59 Å². The number of aromatic nitrogens is 4. The molecule has 0 aliphatic carbocycles. The first-order valence-corrected chi connectivity index (χ1v) is 23.1. The Kier molecular flexibility index (Phi) is 13.8. The summed E-state index contributed by atoms with van der Waals surface area (Å²) in [5.41, 5.74) is 6.26. The van der Waals surface area contributed by atoms with Gasteiger partial charge >= 0.3 is 12.2 Å². The molecule has 3 saturated heterocycles. The Morgan fingerprint density at radius 3 is 2.13 bits per heavy atom. The van der Waals surface area contributed by atoms with Gasteiger partial charge in [-0.2, -0.15) is 0 Å². The van der Waals surface area contributed by atoms with E-state index in [0.29, 0.717) is 69.4 Å². The number of ether oxygens (including phenoxy) is 5. The molecule has 17 heteroatoms. The minimum Gasteiger partial charge on any atom is -0.453 e. The molecule has 5 heterocycles. The van der Waals surface area contributed by atoms with Crippen molar-refractivity contribution in [3.05, 3.63) is 121 Å². The highest BCUT2D eigenvalue weighted by molar-refractivity contribution is 5.91. The summed E-state index contributed by atoms with van der Waals surface area (Å²) in [5, 5.41) is 7.64. The molecule has 3 atom stereocenters. The van der Waals surface area contributed by atoms with Gasteiger partial charge in [0.25, 0.3) is 0 Å². The number of methoxy groups -OCH3 is 2. The van der Waals surface area contributed by atoms with Crippen LogP contribution >= 0.6 is 0 Å². The molecule has 3 aliphatic rings. The minimum absolute atomic E-state index is 0.